The molecule has 1 unspecified atom stereocenters. The predicted octanol–water partition coefficient (Wildman–Crippen LogP) is 8.42. The van der Waals surface area contributed by atoms with Crippen molar-refractivity contribution in [3.63, 3.8) is 0 Å². The Balaban J connectivity index is 1.79. The number of rotatable bonds is 8. The van der Waals surface area contributed by atoms with Crippen LogP contribution in [0.2, 0.25) is 0 Å². The van der Waals surface area contributed by atoms with E-state index < -0.39 is 0 Å². The zero-order valence-corrected chi connectivity index (χ0v) is 20.1. The molecule has 0 saturated heterocycles. The van der Waals surface area contributed by atoms with E-state index in [0.717, 1.165) is 12.2 Å². The van der Waals surface area contributed by atoms with Crippen molar-refractivity contribution in [3.8, 4) is 5.75 Å². The molecule has 1 fully saturated rings. The Morgan fingerprint density at radius 1 is 0.968 bits per heavy atom. The summed E-state index contributed by atoms with van der Waals surface area (Å²) in [4.78, 5) is 0. The second kappa shape index (κ2) is 10.5. The van der Waals surface area contributed by atoms with Gasteiger partial charge in [0.15, 0.2) is 0 Å². The molecule has 31 heavy (non-hydrogen) atoms. The van der Waals surface area contributed by atoms with Gasteiger partial charge in [0.05, 0.1) is 6.61 Å². The van der Waals surface area contributed by atoms with Crippen molar-refractivity contribution in [2.45, 2.75) is 86.0 Å². The first-order valence-corrected chi connectivity index (χ1v) is 11.9. The quantitative estimate of drug-likeness (QED) is 0.399. The average molecular weight is 421 g/mol. The highest BCUT2D eigenvalue weighted by atomic mass is 16.7. The summed E-state index contributed by atoms with van der Waals surface area (Å²) >= 11 is 0. The van der Waals surface area contributed by atoms with E-state index in [-0.39, 0.29) is 17.1 Å². The van der Waals surface area contributed by atoms with Crippen molar-refractivity contribution in [2.75, 3.05) is 0 Å². The molecule has 168 valence electrons. The van der Waals surface area contributed by atoms with Gasteiger partial charge in [-0.15, -0.1) is 0 Å². The number of hydrogen-bond acceptors (Lipinski definition) is 2. The molecule has 0 bridgehead atoms. The zero-order chi connectivity index (χ0) is 22.3. The third-order valence-corrected chi connectivity index (χ3v) is 7.25. The van der Waals surface area contributed by atoms with Gasteiger partial charge in [-0.1, -0.05) is 88.6 Å². The summed E-state index contributed by atoms with van der Waals surface area (Å²) in [7, 11) is 0. The van der Waals surface area contributed by atoms with Crippen LogP contribution in [0.1, 0.15) is 84.3 Å². The van der Waals surface area contributed by atoms with Crippen molar-refractivity contribution >= 4 is 5.57 Å². The highest BCUT2D eigenvalue weighted by molar-refractivity contribution is 5.63. The molecule has 1 aliphatic rings. The van der Waals surface area contributed by atoms with E-state index in [2.05, 4.69) is 89.2 Å². The number of allylic oxidation sites excluding steroid dienone is 2. The van der Waals surface area contributed by atoms with Gasteiger partial charge in [0.2, 0.25) is 6.29 Å². The summed E-state index contributed by atoms with van der Waals surface area (Å²) in [6.07, 6.45) is 9.28. The molecule has 0 aromatic heterocycles. The van der Waals surface area contributed by atoms with E-state index in [4.69, 9.17) is 9.47 Å². The molecular weight excluding hydrogens is 380 g/mol. The monoisotopic (exact) mass is 420 g/mol. The lowest BCUT2D eigenvalue weighted by Gasteiger charge is -2.49. The van der Waals surface area contributed by atoms with Crippen LogP contribution in [0.4, 0.5) is 0 Å². The van der Waals surface area contributed by atoms with E-state index in [1.54, 1.807) is 0 Å². The van der Waals surface area contributed by atoms with Crippen LogP contribution < -0.4 is 4.74 Å². The lowest BCUT2D eigenvalue weighted by Crippen LogP contribution is -2.42. The molecule has 1 aliphatic carbocycles. The molecule has 2 aromatic rings. The van der Waals surface area contributed by atoms with Crippen LogP contribution in [0.15, 0.2) is 60.7 Å². The molecule has 1 saturated carbocycles. The first kappa shape index (κ1) is 23.6. The standard InChI is InChI=1S/C29H40O2/c1-6-23(2)25-15-17-26(18-16-25)31-27(30-22-24-13-9-7-10-14-24)21-29(28(3,4)5)19-11-8-12-20-29/h6-7,9-10,13-18,27H,8,11-12,19-22H2,1-5H3/b23-6+. The highest BCUT2D eigenvalue weighted by Gasteiger charge is 2.44. The van der Waals surface area contributed by atoms with Crippen molar-refractivity contribution in [2.24, 2.45) is 10.8 Å². The SMILES string of the molecule is C/C=C(\C)c1ccc(OC(CC2(C(C)(C)C)CCCCC2)OCc2ccccc2)cc1. The Bertz CT molecular complexity index is 821. The van der Waals surface area contributed by atoms with Gasteiger partial charge >= 0.3 is 0 Å². The second-order valence-electron chi connectivity index (χ2n) is 10.1. The van der Waals surface area contributed by atoms with Crippen LogP contribution in [-0.2, 0) is 11.3 Å². The van der Waals surface area contributed by atoms with Crippen LogP contribution in [-0.4, -0.2) is 6.29 Å². The van der Waals surface area contributed by atoms with Crippen LogP contribution in [0.25, 0.3) is 5.57 Å². The van der Waals surface area contributed by atoms with E-state index in [0.29, 0.717) is 6.61 Å². The number of benzene rings is 2. The van der Waals surface area contributed by atoms with Gasteiger partial charge in [0, 0.05) is 6.42 Å². The van der Waals surface area contributed by atoms with Crippen LogP contribution in [0.5, 0.6) is 5.75 Å². The number of hydrogen-bond donors (Lipinski definition) is 0. The molecule has 0 aliphatic heterocycles. The fourth-order valence-electron chi connectivity index (χ4n) is 4.82. The maximum Gasteiger partial charge on any atom is 0.200 e. The second-order valence-corrected chi connectivity index (χ2v) is 10.1. The fraction of sp³-hybridized carbons (Fsp3) is 0.517. The van der Waals surface area contributed by atoms with Crippen molar-refractivity contribution in [1.29, 1.82) is 0 Å². The summed E-state index contributed by atoms with van der Waals surface area (Å²) in [5.74, 6) is 0.880. The Labute approximate surface area is 189 Å². The topological polar surface area (TPSA) is 18.5 Å². The molecule has 1 atom stereocenters. The summed E-state index contributed by atoms with van der Waals surface area (Å²) in [5, 5.41) is 0. The minimum Gasteiger partial charge on any atom is -0.465 e. The fourth-order valence-corrected chi connectivity index (χ4v) is 4.82. The third-order valence-electron chi connectivity index (χ3n) is 7.25. The Morgan fingerprint density at radius 2 is 1.61 bits per heavy atom. The lowest BCUT2D eigenvalue weighted by atomic mass is 9.57. The molecule has 0 radical (unpaired) electrons. The van der Waals surface area contributed by atoms with Gasteiger partial charge in [0.1, 0.15) is 5.75 Å². The highest BCUT2D eigenvalue weighted by Crippen LogP contribution is 2.53. The summed E-state index contributed by atoms with van der Waals surface area (Å²) in [5.41, 5.74) is 4.16. The first-order chi connectivity index (χ1) is 14.8. The van der Waals surface area contributed by atoms with E-state index in [1.807, 2.05) is 6.07 Å². The van der Waals surface area contributed by atoms with Crippen LogP contribution in [0, 0.1) is 10.8 Å². The van der Waals surface area contributed by atoms with Crippen molar-refractivity contribution in [3.05, 3.63) is 71.8 Å². The minimum absolute atomic E-state index is 0.220. The van der Waals surface area contributed by atoms with Gasteiger partial charge in [-0.3, -0.25) is 0 Å². The molecule has 0 spiro atoms. The maximum absolute atomic E-state index is 6.49. The minimum atomic E-state index is -0.258. The molecule has 2 nitrogen and oxygen atoms in total. The van der Waals surface area contributed by atoms with Gasteiger partial charge in [-0.05, 0) is 66.4 Å². The molecule has 2 heteroatoms. The molecule has 0 heterocycles. The Morgan fingerprint density at radius 3 is 2.19 bits per heavy atom. The maximum atomic E-state index is 6.49. The van der Waals surface area contributed by atoms with E-state index >= 15 is 0 Å². The Kier molecular flexibility index (Phi) is 8.00. The molecule has 0 N–H and O–H groups in total. The lowest BCUT2D eigenvalue weighted by molar-refractivity contribution is -0.136. The summed E-state index contributed by atoms with van der Waals surface area (Å²) in [6, 6.07) is 18.8. The smallest absolute Gasteiger partial charge is 0.200 e. The van der Waals surface area contributed by atoms with Gasteiger partial charge in [-0.25, -0.2) is 0 Å². The molecular formula is C29H40O2. The first-order valence-electron chi connectivity index (χ1n) is 11.9. The average Bonchev–Trinajstić information content (AvgIpc) is 2.78. The van der Waals surface area contributed by atoms with Gasteiger partial charge in [-0.2, -0.15) is 0 Å². The third kappa shape index (κ3) is 6.23. The summed E-state index contributed by atoms with van der Waals surface area (Å²) in [6.45, 7) is 12.0. The van der Waals surface area contributed by atoms with Gasteiger partial charge in [0.25, 0.3) is 0 Å². The van der Waals surface area contributed by atoms with Crippen molar-refractivity contribution in [1.82, 2.24) is 0 Å². The molecule has 0 amide bonds. The molecule has 3 rings (SSSR count). The van der Waals surface area contributed by atoms with Crippen LogP contribution >= 0.6 is 0 Å². The van der Waals surface area contributed by atoms with Crippen LogP contribution in [0.3, 0.4) is 0 Å². The number of ether oxygens (including phenoxy) is 2. The van der Waals surface area contributed by atoms with Gasteiger partial charge < -0.3 is 9.47 Å². The summed E-state index contributed by atoms with van der Waals surface area (Å²) < 4.78 is 12.9. The predicted molar refractivity (Wildman–Crippen MR) is 131 cm³/mol. The van der Waals surface area contributed by atoms with Crippen molar-refractivity contribution < 1.29 is 9.47 Å². The van der Waals surface area contributed by atoms with E-state index in [9.17, 15) is 0 Å². The zero-order valence-electron chi connectivity index (χ0n) is 20.1. The normalized spacial score (nSPS) is 17.9. The Hall–Kier alpha value is -2.06. The van der Waals surface area contributed by atoms with E-state index in [1.165, 1.54) is 48.8 Å². The molecule has 2 aromatic carbocycles. The largest absolute Gasteiger partial charge is 0.465 e.